The van der Waals surface area contributed by atoms with Crippen LogP contribution in [0.25, 0.3) is 0 Å². The minimum absolute atomic E-state index is 0.00688. The van der Waals surface area contributed by atoms with Crippen LogP contribution in [0.1, 0.15) is 131 Å². The molecule has 0 aromatic carbocycles. The highest BCUT2D eigenvalue weighted by Gasteiger charge is 2.42. The van der Waals surface area contributed by atoms with E-state index < -0.39 is 35.7 Å². The van der Waals surface area contributed by atoms with Gasteiger partial charge in [-0.1, -0.05) is 92.6 Å². The molecule has 11 nitrogen and oxygen atoms in total. The molecule has 3 rings (SSSR count). The number of nitrogens with zero attached hydrogens (tertiary/aromatic N) is 1. The third-order valence-electron chi connectivity index (χ3n) is 9.44. The van der Waals surface area contributed by atoms with E-state index in [2.05, 4.69) is 47.0 Å². The number of rotatable bonds is 15. The number of Topliss-reactive ketones (excluding diaryl/α,β-unsaturated/α-hetero) is 1. The number of hydrogen-bond donors (Lipinski definition) is 5. The first-order chi connectivity index (χ1) is 23.6. The van der Waals surface area contributed by atoms with Gasteiger partial charge in [-0.25, -0.2) is 4.79 Å². The predicted octanol–water partition coefficient (Wildman–Crippen LogP) is 5.24. The normalized spacial score (nSPS) is 19.9. The topological polar surface area (TPSA) is 149 Å². The lowest BCUT2D eigenvalue weighted by atomic mass is 9.83. The summed E-state index contributed by atoms with van der Waals surface area (Å²) in [5, 5.41) is 14.7. The van der Waals surface area contributed by atoms with Gasteiger partial charge in [0.25, 0.3) is 5.91 Å². The lowest BCUT2D eigenvalue weighted by Crippen LogP contribution is -2.60. The lowest BCUT2D eigenvalue weighted by Gasteiger charge is -2.36. The Morgan fingerprint density at radius 2 is 1.39 bits per heavy atom. The SMILES string of the molecule is C=CCNC(=O)C(=O)C(CC(C)C)NC(=O)C1CCCN1C(=O)C(NC(=O)NC(CNC)C1CCCCC1)C1CCCCC1.CC.CCC. The van der Waals surface area contributed by atoms with Crippen LogP contribution >= 0.6 is 0 Å². The van der Waals surface area contributed by atoms with Crippen LogP contribution in [-0.4, -0.2) is 85.3 Å². The molecule has 3 aliphatic rings. The van der Waals surface area contributed by atoms with Gasteiger partial charge in [-0.05, 0) is 69.7 Å². The van der Waals surface area contributed by atoms with E-state index in [1.54, 1.807) is 4.90 Å². The average molecular weight is 691 g/mol. The van der Waals surface area contributed by atoms with E-state index in [9.17, 15) is 24.0 Å². The summed E-state index contributed by atoms with van der Waals surface area (Å²) in [7, 11) is 1.88. The number of likely N-dealkylation sites (N-methyl/N-ethyl adjacent to an activating group) is 1. The van der Waals surface area contributed by atoms with E-state index in [-0.39, 0.29) is 36.4 Å². The molecule has 282 valence electrons. The van der Waals surface area contributed by atoms with Gasteiger partial charge in [0.05, 0.1) is 6.04 Å². The summed E-state index contributed by atoms with van der Waals surface area (Å²) in [6, 6.07) is -2.86. The second kappa shape index (κ2) is 25.1. The molecular weight excluding hydrogens is 620 g/mol. The minimum atomic E-state index is -0.994. The van der Waals surface area contributed by atoms with E-state index in [0.29, 0.717) is 38.3 Å². The summed E-state index contributed by atoms with van der Waals surface area (Å²) in [4.78, 5) is 68.1. The Labute approximate surface area is 297 Å². The van der Waals surface area contributed by atoms with Crippen molar-refractivity contribution in [2.75, 3.05) is 26.7 Å². The number of nitrogens with one attached hydrogen (secondary N) is 5. The molecule has 3 fully saturated rings. The molecule has 5 N–H and O–H groups in total. The largest absolute Gasteiger partial charge is 0.346 e. The average Bonchev–Trinajstić information content (AvgIpc) is 3.61. The summed E-state index contributed by atoms with van der Waals surface area (Å²) >= 11 is 0. The van der Waals surface area contributed by atoms with Gasteiger partial charge >= 0.3 is 6.03 Å². The molecule has 0 radical (unpaired) electrons. The zero-order valence-corrected chi connectivity index (χ0v) is 31.8. The van der Waals surface area contributed by atoms with Gasteiger partial charge in [-0.3, -0.25) is 19.2 Å². The first-order valence-corrected chi connectivity index (χ1v) is 19.3. The lowest BCUT2D eigenvalue weighted by molar-refractivity contribution is -0.143. The molecule has 0 bridgehead atoms. The van der Waals surface area contributed by atoms with Crippen LogP contribution in [0, 0.1) is 17.8 Å². The van der Waals surface area contributed by atoms with Crippen LogP contribution in [0.3, 0.4) is 0 Å². The van der Waals surface area contributed by atoms with Crippen molar-refractivity contribution in [3.8, 4) is 0 Å². The van der Waals surface area contributed by atoms with Crippen molar-refractivity contribution in [2.45, 2.75) is 156 Å². The quantitative estimate of drug-likeness (QED) is 0.117. The van der Waals surface area contributed by atoms with E-state index in [0.717, 1.165) is 44.9 Å². The maximum absolute atomic E-state index is 14.2. The Balaban J connectivity index is 0.00000227. The van der Waals surface area contributed by atoms with Crippen LogP contribution < -0.4 is 26.6 Å². The Bertz CT molecular complexity index is 1010. The fourth-order valence-corrected chi connectivity index (χ4v) is 7.15. The monoisotopic (exact) mass is 691 g/mol. The molecule has 5 amide bonds. The molecule has 2 aliphatic carbocycles. The minimum Gasteiger partial charge on any atom is -0.346 e. The van der Waals surface area contributed by atoms with Gasteiger partial charge in [0.2, 0.25) is 17.6 Å². The molecule has 1 heterocycles. The molecule has 0 aromatic heterocycles. The Hall–Kier alpha value is -2.95. The number of carbonyl (C=O) groups excluding carboxylic acids is 5. The highest BCUT2D eigenvalue weighted by molar-refractivity contribution is 6.38. The number of hydrogen-bond acceptors (Lipinski definition) is 6. The molecule has 0 spiro atoms. The molecule has 4 atom stereocenters. The summed E-state index contributed by atoms with van der Waals surface area (Å²) in [5.41, 5.74) is 0. The molecule has 0 aromatic rings. The molecule has 4 unspecified atom stereocenters. The maximum atomic E-state index is 14.2. The highest BCUT2D eigenvalue weighted by Crippen LogP contribution is 2.30. The summed E-state index contributed by atoms with van der Waals surface area (Å²) < 4.78 is 0. The van der Waals surface area contributed by atoms with Crippen LogP contribution in [0.4, 0.5) is 4.79 Å². The summed E-state index contributed by atoms with van der Waals surface area (Å²) in [6.45, 7) is 16.9. The smallest absolute Gasteiger partial charge is 0.315 e. The number of carbonyl (C=O) groups is 5. The number of urea groups is 1. The van der Waals surface area contributed by atoms with Gasteiger partial charge in [-0.2, -0.15) is 0 Å². The highest BCUT2D eigenvalue weighted by atomic mass is 16.2. The van der Waals surface area contributed by atoms with E-state index >= 15 is 0 Å². The number of likely N-dealkylation sites (tertiary alicyclic amines) is 1. The molecular formula is C38H70N6O5. The van der Waals surface area contributed by atoms with Crippen molar-refractivity contribution in [2.24, 2.45) is 17.8 Å². The Kier molecular flexibility index (Phi) is 22.5. The predicted molar refractivity (Wildman–Crippen MR) is 198 cm³/mol. The third-order valence-corrected chi connectivity index (χ3v) is 9.44. The van der Waals surface area contributed by atoms with Crippen LogP contribution in [0.15, 0.2) is 12.7 Å². The fraction of sp³-hybridized carbons (Fsp3) is 0.816. The third kappa shape index (κ3) is 15.2. The zero-order chi connectivity index (χ0) is 36.8. The van der Waals surface area contributed by atoms with Crippen molar-refractivity contribution in [3.63, 3.8) is 0 Å². The second-order valence-electron chi connectivity index (χ2n) is 14.0. The first kappa shape index (κ1) is 44.1. The molecule has 2 saturated carbocycles. The van der Waals surface area contributed by atoms with Crippen molar-refractivity contribution < 1.29 is 24.0 Å². The van der Waals surface area contributed by atoms with Gasteiger partial charge in [0.1, 0.15) is 12.1 Å². The summed E-state index contributed by atoms with van der Waals surface area (Å²) in [6.07, 6.45) is 14.6. The van der Waals surface area contributed by atoms with E-state index in [1.807, 2.05) is 34.7 Å². The fourth-order valence-electron chi connectivity index (χ4n) is 7.15. The molecule has 11 heteroatoms. The van der Waals surface area contributed by atoms with Gasteiger partial charge in [0, 0.05) is 25.7 Å². The van der Waals surface area contributed by atoms with E-state index in [1.165, 1.54) is 31.8 Å². The maximum Gasteiger partial charge on any atom is 0.315 e. The first-order valence-electron chi connectivity index (χ1n) is 19.3. The standard InChI is InChI=1S/C33H56N6O5.C3H8.C2H6/c1-5-18-35-31(42)29(40)25(20-22(2)3)36-30(41)27-17-12-19-39(27)32(43)28(24-15-10-7-11-16-24)38-33(44)37-26(21-34-4)23-13-8-6-9-14-23;1-3-2;1-2/h5,22-28,34H,1,6-21H2,2-4H3,(H,35,42)(H,36,41)(H2,37,38,44);3H2,1-2H3;1-2H3. The molecule has 1 aliphatic heterocycles. The number of ketones is 1. The van der Waals surface area contributed by atoms with E-state index in [4.69, 9.17) is 0 Å². The molecule has 49 heavy (non-hydrogen) atoms. The van der Waals surface area contributed by atoms with Gasteiger partial charge < -0.3 is 31.5 Å². The summed E-state index contributed by atoms with van der Waals surface area (Å²) in [5.74, 6) is -1.72. The van der Waals surface area contributed by atoms with Gasteiger partial charge in [-0.15, -0.1) is 6.58 Å². The second-order valence-corrected chi connectivity index (χ2v) is 14.0. The Morgan fingerprint density at radius 1 is 0.816 bits per heavy atom. The zero-order valence-electron chi connectivity index (χ0n) is 31.8. The van der Waals surface area contributed by atoms with Crippen molar-refractivity contribution in [1.82, 2.24) is 31.5 Å². The number of amides is 5. The van der Waals surface area contributed by atoms with Gasteiger partial charge in [0.15, 0.2) is 0 Å². The van der Waals surface area contributed by atoms with Crippen molar-refractivity contribution >= 4 is 29.5 Å². The van der Waals surface area contributed by atoms with Crippen molar-refractivity contribution in [3.05, 3.63) is 12.7 Å². The van der Waals surface area contributed by atoms with Crippen molar-refractivity contribution in [1.29, 1.82) is 0 Å². The molecule has 1 saturated heterocycles. The Morgan fingerprint density at radius 3 is 1.92 bits per heavy atom. The van der Waals surface area contributed by atoms with Crippen LogP contribution in [0.2, 0.25) is 0 Å². The van der Waals surface area contributed by atoms with Crippen LogP contribution in [0.5, 0.6) is 0 Å². The van der Waals surface area contributed by atoms with Crippen LogP contribution in [-0.2, 0) is 19.2 Å².